The summed E-state index contributed by atoms with van der Waals surface area (Å²) in [6, 6.07) is 0. The molecule has 15 heavy (non-hydrogen) atoms. The maximum Gasteiger partial charge on any atom is 0.331 e. The van der Waals surface area contributed by atoms with Crippen molar-refractivity contribution in [1.82, 2.24) is 4.90 Å². The zero-order valence-corrected chi connectivity index (χ0v) is 8.34. The number of hydrogen-bond donors (Lipinski definition) is 0. The monoisotopic (exact) mass is 210 g/mol. The minimum absolute atomic E-state index is 0.134. The van der Waals surface area contributed by atoms with Crippen molar-refractivity contribution in [3.8, 4) is 0 Å². The lowest BCUT2D eigenvalue weighted by molar-refractivity contribution is -0.421. The normalized spacial score (nSPS) is 17.6. The number of nitrogens with zero attached hydrogens (tertiary/aromatic N) is 2. The molecule has 0 fully saturated rings. The second kappa shape index (κ2) is 4.41. The first-order chi connectivity index (χ1) is 7.04. The van der Waals surface area contributed by atoms with Crippen molar-refractivity contribution in [2.75, 3.05) is 14.2 Å². The van der Waals surface area contributed by atoms with Gasteiger partial charge in [-0.2, -0.15) is 0 Å². The number of carbonyl (C=O) groups excluding carboxylic acids is 1. The number of nitro groups is 1. The van der Waals surface area contributed by atoms with Gasteiger partial charge in [-0.1, -0.05) is 0 Å². The average molecular weight is 210 g/mol. The minimum Gasteiger partial charge on any atom is -0.466 e. The molecule has 80 valence electrons. The fourth-order valence-corrected chi connectivity index (χ4v) is 1.05. The molecule has 0 bridgehead atoms. The van der Waals surface area contributed by atoms with Crippen molar-refractivity contribution in [3.05, 3.63) is 45.9 Å². The summed E-state index contributed by atoms with van der Waals surface area (Å²) in [5.41, 5.74) is 0.0929. The summed E-state index contributed by atoms with van der Waals surface area (Å²) in [6.45, 7) is 0. The molecule has 1 aliphatic rings. The lowest BCUT2D eigenvalue weighted by Crippen LogP contribution is -2.14. The van der Waals surface area contributed by atoms with E-state index in [-0.39, 0.29) is 11.3 Å². The zero-order chi connectivity index (χ0) is 11.4. The van der Waals surface area contributed by atoms with Gasteiger partial charge in [-0.05, 0) is 6.08 Å². The fraction of sp³-hybridized carbons (Fsp3) is 0.222. The zero-order valence-electron chi connectivity index (χ0n) is 8.34. The highest BCUT2D eigenvalue weighted by Gasteiger charge is 2.20. The van der Waals surface area contributed by atoms with Crippen molar-refractivity contribution in [2.45, 2.75) is 0 Å². The van der Waals surface area contributed by atoms with E-state index < -0.39 is 10.9 Å². The number of ether oxygens (including phenoxy) is 1. The Labute approximate surface area is 86.3 Å². The molecular weight excluding hydrogens is 200 g/mol. The Hall–Kier alpha value is -2.11. The molecule has 0 aromatic rings. The van der Waals surface area contributed by atoms with Crippen LogP contribution in [-0.4, -0.2) is 29.9 Å². The van der Waals surface area contributed by atoms with Crippen molar-refractivity contribution >= 4 is 5.97 Å². The number of methoxy groups -OCH3 is 1. The number of hydrogen-bond acceptors (Lipinski definition) is 5. The largest absolute Gasteiger partial charge is 0.466 e. The Morgan fingerprint density at radius 3 is 2.87 bits per heavy atom. The molecule has 0 saturated carbocycles. The number of esters is 1. The van der Waals surface area contributed by atoms with E-state index in [9.17, 15) is 14.9 Å². The van der Waals surface area contributed by atoms with Gasteiger partial charge in [0.2, 0.25) is 0 Å². The van der Waals surface area contributed by atoms with Gasteiger partial charge >= 0.3 is 5.97 Å². The van der Waals surface area contributed by atoms with E-state index in [2.05, 4.69) is 4.74 Å². The third kappa shape index (κ3) is 2.67. The Morgan fingerprint density at radius 2 is 2.33 bits per heavy atom. The summed E-state index contributed by atoms with van der Waals surface area (Å²) < 4.78 is 4.40. The summed E-state index contributed by atoms with van der Waals surface area (Å²) in [6.07, 6.45) is 5.50. The quantitative estimate of drug-likeness (QED) is 0.290. The maximum absolute atomic E-state index is 10.9. The van der Waals surface area contributed by atoms with Crippen molar-refractivity contribution < 1.29 is 14.5 Å². The first-order valence-electron chi connectivity index (χ1n) is 4.11. The SMILES string of the molecule is COC(=O)/C=C1/C=CN(C)C=C1[N+](=O)[O-]. The second-order valence-electron chi connectivity index (χ2n) is 2.88. The summed E-state index contributed by atoms with van der Waals surface area (Å²) >= 11 is 0. The van der Waals surface area contributed by atoms with Crippen LogP contribution < -0.4 is 0 Å². The van der Waals surface area contributed by atoms with Crippen molar-refractivity contribution in [3.63, 3.8) is 0 Å². The Kier molecular flexibility index (Phi) is 3.22. The van der Waals surface area contributed by atoms with Gasteiger partial charge < -0.3 is 9.64 Å². The van der Waals surface area contributed by atoms with Crippen LogP contribution in [0.5, 0.6) is 0 Å². The van der Waals surface area contributed by atoms with Crippen LogP contribution in [0.2, 0.25) is 0 Å². The average Bonchev–Trinajstić information content (AvgIpc) is 2.20. The van der Waals surface area contributed by atoms with Crippen LogP contribution >= 0.6 is 0 Å². The maximum atomic E-state index is 10.9. The van der Waals surface area contributed by atoms with E-state index in [1.807, 2.05) is 0 Å². The Bertz CT molecular complexity index is 382. The molecule has 0 unspecified atom stereocenters. The number of allylic oxidation sites excluding steroid dienone is 1. The molecule has 0 saturated heterocycles. The van der Waals surface area contributed by atoms with Gasteiger partial charge in [0, 0.05) is 19.3 Å². The number of rotatable bonds is 2. The molecule has 0 aromatic heterocycles. The van der Waals surface area contributed by atoms with Gasteiger partial charge in [-0.25, -0.2) is 4.79 Å². The standard InChI is InChI=1S/C9H10N2O4/c1-10-4-3-7(5-9(12)15-2)8(6-10)11(13)14/h3-6H,1-2H3/b7-5-. The first-order valence-corrected chi connectivity index (χ1v) is 4.11. The van der Waals surface area contributed by atoms with Crippen LogP contribution in [0.15, 0.2) is 35.8 Å². The van der Waals surface area contributed by atoms with Crippen LogP contribution in [0, 0.1) is 10.1 Å². The summed E-state index contributed by atoms with van der Waals surface area (Å²) in [7, 11) is 2.88. The smallest absolute Gasteiger partial charge is 0.331 e. The van der Waals surface area contributed by atoms with Gasteiger partial charge in [-0.3, -0.25) is 10.1 Å². The summed E-state index contributed by atoms with van der Waals surface area (Å²) in [4.78, 5) is 22.6. The van der Waals surface area contributed by atoms with E-state index in [1.54, 1.807) is 13.2 Å². The van der Waals surface area contributed by atoms with E-state index in [0.717, 1.165) is 6.08 Å². The molecule has 0 amide bonds. The predicted octanol–water partition coefficient (Wildman–Crippen LogP) is 0.663. The summed E-state index contributed by atoms with van der Waals surface area (Å²) in [5, 5.41) is 10.7. The molecule has 0 aromatic carbocycles. The molecular formula is C9H10N2O4. The van der Waals surface area contributed by atoms with Crippen LogP contribution in [0.4, 0.5) is 0 Å². The van der Waals surface area contributed by atoms with Gasteiger partial charge in [-0.15, -0.1) is 0 Å². The second-order valence-corrected chi connectivity index (χ2v) is 2.88. The van der Waals surface area contributed by atoms with Gasteiger partial charge in [0.15, 0.2) is 0 Å². The highest BCUT2D eigenvalue weighted by Crippen LogP contribution is 2.18. The molecule has 0 radical (unpaired) electrons. The van der Waals surface area contributed by atoms with Crippen LogP contribution in [0.1, 0.15) is 0 Å². The lowest BCUT2D eigenvalue weighted by Gasteiger charge is -2.12. The van der Waals surface area contributed by atoms with Gasteiger partial charge in [0.05, 0.1) is 23.8 Å². The first kappa shape index (κ1) is 11.0. The molecule has 1 rings (SSSR count). The molecule has 1 aliphatic heterocycles. The Balaban J connectivity index is 3.03. The van der Waals surface area contributed by atoms with Crippen molar-refractivity contribution in [1.29, 1.82) is 0 Å². The fourth-order valence-electron chi connectivity index (χ4n) is 1.05. The molecule has 0 aliphatic carbocycles. The topological polar surface area (TPSA) is 72.7 Å². The molecule has 0 atom stereocenters. The van der Waals surface area contributed by atoms with Crippen LogP contribution in [0.3, 0.4) is 0 Å². The third-order valence-electron chi connectivity index (χ3n) is 1.78. The highest BCUT2D eigenvalue weighted by molar-refractivity contribution is 5.84. The van der Waals surface area contributed by atoms with Crippen molar-refractivity contribution in [2.24, 2.45) is 0 Å². The van der Waals surface area contributed by atoms with Crippen LogP contribution in [-0.2, 0) is 9.53 Å². The third-order valence-corrected chi connectivity index (χ3v) is 1.78. The summed E-state index contributed by atoms with van der Waals surface area (Å²) in [5.74, 6) is -0.619. The molecule has 6 nitrogen and oxygen atoms in total. The molecule has 0 N–H and O–H groups in total. The van der Waals surface area contributed by atoms with Gasteiger partial charge in [0.1, 0.15) is 0 Å². The lowest BCUT2D eigenvalue weighted by atomic mass is 10.1. The Morgan fingerprint density at radius 1 is 1.67 bits per heavy atom. The van der Waals surface area contributed by atoms with E-state index in [1.165, 1.54) is 24.3 Å². The molecule has 1 heterocycles. The molecule has 6 heteroatoms. The predicted molar refractivity (Wildman–Crippen MR) is 52.1 cm³/mol. The number of carbonyl (C=O) groups is 1. The van der Waals surface area contributed by atoms with Crippen LogP contribution in [0.25, 0.3) is 0 Å². The minimum atomic E-state index is -0.619. The van der Waals surface area contributed by atoms with E-state index in [4.69, 9.17) is 0 Å². The van der Waals surface area contributed by atoms with E-state index in [0.29, 0.717) is 0 Å². The molecule has 0 spiro atoms. The highest BCUT2D eigenvalue weighted by atomic mass is 16.6. The van der Waals surface area contributed by atoms with Gasteiger partial charge in [0.25, 0.3) is 5.70 Å². The van der Waals surface area contributed by atoms with E-state index >= 15 is 0 Å².